The van der Waals surface area contributed by atoms with Crippen LogP contribution in [0.4, 0.5) is 0 Å². The molecule has 1 saturated carbocycles. The number of aliphatic hydroxyl groups excluding tert-OH is 1. The van der Waals surface area contributed by atoms with Gasteiger partial charge in [-0.15, -0.1) is 0 Å². The van der Waals surface area contributed by atoms with E-state index in [1.807, 2.05) is 0 Å². The summed E-state index contributed by atoms with van der Waals surface area (Å²) >= 11 is 0. The third-order valence-corrected chi connectivity index (χ3v) is 2.95. The van der Waals surface area contributed by atoms with Crippen molar-refractivity contribution in [1.82, 2.24) is 5.32 Å². The summed E-state index contributed by atoms with van der Waals surface area (Å²) in [6, 6.07) is 0.566. The standard InChI is InChI=1S/C10H21NO/c1-3-11-10-5-4-8(2)6-9(10)7-12/h8-12H,3-7H2,1-2H3. The Morgan fingerprint density at radius 1 is 1.42 bits per heavy atom. The maximum Gasteiger partial charge on any atom is 0.0474 e. The summed E-state index contributed by atoms with van der Waals surface area (Å²) in [4.78, 5) is 0. The van der Waals surface area contributed by atoms with E-state index in [0.717, 1.165) is 12.5 Å². The molecule has 0 heterocycles. The average molecular weight is 171 g/mol. The van der Waals surface area contributed by atoms with E-state index in [0.29, 0.717) is 18.6 Å². The van der Waals surface area contributed by atoms with Gasteiger partial charge in [0, 0.05) is 12.6 Å². The first-order valence-electron chi connectivity index (χ1n) is 5.12. The van der Waals surface area contributed by atoms with Crippen LogP contribution in [0.2, 0.25) is 0 Å². The van der Waals surface area contributed by atoms with E-state index in [-0.39, 0.29) is 0 Å². The molecule has 1 aliphatic rings. The molecule has 0 aromatic heterocycles. The molecule has 0 spiro atoms. The first kappa shape index (κ1) is 10.0. The molecule has 2 nitrogen and oxygen atoms in total. The van der Waals surface area contributed by atoms with Crippen LogP contribution in [0.3, 0.4) is 0 Å². The molecule has 0 aromatic carbocycles. The fourth-order valence-corrected chi connectivity index (χ4v) is 2.23. The van der Waals surface area contributed by atoms with Gasteiger partial charge in [-0.2, -0.15) is 0 Å². The highest BCUT2D eigenvalue weighted by Crippen LogP contribution is 2.28. The van der Waals surface area contributed by atoms with E-state index in [1.165, 1.54) is 19.3 Å². The Labute approximate surface area is 75.4 Å². The summed E-state index contributed by atoms with van der Waals surface area (Å²) in [5.74, 6) is 1.30. The monoisotopic (exact) mass is 171 g/mol. The van der Waals surface area contributed by atoms with E-state index >= 15 is 0 Å². The SMILES string of the molecule is CCNC1CCC(C)CC1CO. The fourth-order valence-electron chi connectivity index (χ4n) is 2.23. The number of nitrogens with one attached hydrogen (secondary N) is 1. The van der Waals surface area contributed by atoms with E-state index in [2.05, 4.69) is 19.2 Å². The Kier molecular flexibility index (Phi) is 4.02. The first-order chi connectivity index (χ1) is 5.77. The van der Waals surface area contributed by atoms with Gasteiger partial charge in [0.15, 0.2) is 0 Å². The Bertz CT molecular complexity index is 127. The lowest BCUT2D eigenvalue weighted by Gasteiger charge is -2.34. The van der Waals surface area contributed by atoms with Crippen molar-refractivity contribution in [2.45, 2.75) is 39.2 Å². The molecule has 0 radical (unpaired) electrons. The summed E-state index contributed by atoms with van der Waals surface area (Å²) in [5.41, 5.74) is 0. The second kappa shape index (κ2) is 4.83. The molecular formula is C10H21NO. The van der Waals surface area contributed by atoms with Crippen molar-refractivity contribution in [2.24, 2.45) is 11.8 Å². The molecule has 2 heteroatoms. The normalized spacial score (nSPS) is 36.8. The largest absolute Gasteiger partial charge is 0.396 e. The number of rotatable bonds is 3. The zero-order valence-corrected chi connectivity index (χ0v) is 8.21. The zero-order chi connectivity index (χ0) is 8.97. The molecule has 1 aliphatic carbocycles. The smallest absolute Gasteiger partial charge is 0.0474 e. The van der Waals surface area contributed by atoms with Crippen LogP contribution in [0, 0.1) is 11.8 Å². The molecule has 0 aromatic rings. The molecule has 72 valence electrons. The van der Waals surface area contributed by atoms with Gasteiger partial charge in [0.25, 0.3) is 0 Å². The fraction of sp³-hybridized carbons (Fsp3) is 1.00. The minimum Gasteiger partial charge on any atom is -0.396 e. The van der Waals surface area contributed by atoms with Gasteiger partial charge in [-0.25, -0.2) is 0 Å². The summed E-state index contributed by atoms with van der Waals surface area (Å²) in [5, 5.41) is 12.6. The first-order valence-corrected chi connectivity index (χ1v) is 5.12. The lowest BCUT2D eigenvalue weighted by molar-refractivity contribution is 0.130. The lowest BCUT2D eigenvalue weighted by atomic mass is 9.79. The van der Waals surface area contributed by atoms with Gasteiger partial charge in [-0.3, -0.25) is 0 Å². The second-order valence-electron chi connectivity index (χ2n) is 4.03. The number of hydrogen-bond acceptors (Lipinski definition) is 2. The van der Waals surface area contributed by atoms with Crippen LogP contribution in [0.15, 0.2) is 0 Å². The van der Waals surface area contributed by atoms with Gasteiger partial charge in [-0.1, -0.05) is 13.8 Å². The van der Waals surface area contributed by atoms with Crippen molar-refractivity contribution in [3.05, 3.63) is 0 Å². The van der Waals surface area contributed by atoms with Crippen LogP contribution in [-0.2, 0) is 0 Å². The topological polar surface area (TPSA) is 32.3 Å². The molecule has 2 N–H and O–H groups in total. The quantitative estimate of drug-likeness (QED) is 0.672. The van der Waals surface area contributed by atoms with E-state index in [1.54, 1.807) is 0 Å². The van der Waals surface area contributed by atoms with Gasteiger partial charge < -0.3 is 10.4 Å². The zero-order valence-electron chi connectivity index (χ0n) is 8.21. The molecule has 3 atom stereocenters. The molecule has 0 saturated heterocycles. The molecule has 3 unspecified atom stereocenters. The molecule has 1 fully saturated rings. The van der Waals surface area contributed by atoms with Crippen molar-refractivity contribution in [3.63, 3.8) is 0 Å². The molecule has 12 heavy (non-hydrogen) atoms. The van der Waals surface area contributed by atoms with Crippen LogP contribution in [-0.4, -0.2) is 24.3 Å². The summed E-state index contributed by atoms with van der Waals surface area (Å²) < 4.78 is 0. The Morgan fingerprint density at radius 2 is 2.17 bits per heavy atom. The molecule has 0 aliphatic heterocycles. The summed E-state index contributed by atoms with van der Waals surface area (Å²) in [6.07, 6.45) is 3.74. The molecule has 1 rings (SSSR count). The van der Waals surface area contributed by atoms with Gasteiger partial charge in [-0.05, 0) is 37.6 Å². The summed E-state index contributed by atoms with van der Waals surface area (Å²) in [6.45, 7) is 5.79. The Morgan fingerprint density at radius 3 is 2.75 bits per heavy atom. The van der Waals surface area contributed by atoms with Crippen LogP contribution in [0.5, 0.6) is 0 Å². The average Bonchev–Trinajstić information content (AvgIpc) is 2.08. The van der Waals surface area contributed by atoms with Crippen LogP contribution < -0.4 is 5.32 Å². The molecule has 0 amide bonds. The van der Waals surface area contributed by atoms with Gasteiger partial charge >= 0.3 is 0 Å². The van der Waals surface area contributed by atoms with E-state index < -0.39 is 0 Å². The minimum absolute atomic E-state index is 0.349. The van der Waals surface area contributed by atoms with Gasteiger partial charge in [0.05, 0.1) is 0 Å². The maximum atomic E-state index is 9.17. The number of aliphatic hydroxyl groups is 1. The van der Waals surface area contributed by atoms with Crippen molar-refractivity contribution in [2.75, 3.05) is 13.2 Å². The molecule has 0 bridgehead atoms. The highest BCUT2D eigenvalue weighted by Gasteiger charge is 2.26. The third kappa shape index (κ3) is 2.46. The molecular weight excluding hydrogens is 150 g/mol. The third-order valence-electron chi connectivity index (χ3n) is 2.95. The predicted molar refractivity (Wildman–Crippen MR) is 51.1 cm³/mol. The van der Waals surface area contributed by atoms with Crippen molar-refractivity contribution >= 4 is 0 Å². The highest BCUT2D eigenvalue weighted by molar-refractivity contribution is 4.82. The van der Waals surface area contributed by atoms with Crippen LogP contribution in [0.1, 0.15) is 33.1 Å². The van der Waals surface area contributed by atoms with Crippen molar-refractivity contribution in [1.29, 1.82) is 0 Å². The van der Waals surface area contributed by atoms with Crippen LogP contribution in [0.25, 0.3) is 0 Å². The van der Waals surface area contributed by atoms with E-state index in [9.17, 15) is 0 Å². The second-order valence-corrected chi connectivity index (χ2v) is 4.03. The predicted octanol–water partition coefficient (Wildman–Crippen LogP) is 1.39. The highest BCUT2D eigenvalue weighted by atomic mass is 16.3. The van der Waals surface area contributed by atoms with Gasteiger partial charge in [0.2, 0.25) is 0 Å². The van der Waals surface area contributed by atoms with Crippen LogP contribution >= 0.6 is 0 Å². The lowest BCUT2D eigenvalue weighted by Crippen LogP contribution is -2.41. The van der Waals surface area contributed by atoms with E-state index in [4.69, 9.17) is 5.11 Å². The summed E-state index contributed by atoms with van der Waals surface area (Å²) in [7, 11) is 0. The van der Waals surface area contributed by atoms with Gasteiger partial charge in [0.1, 0.15) is 0 Å². The maximum absolute atomic E-state index is 9.17. The Balaban J connectivity index is 2.39. The Hall–Kier alpha value is -0.0800. The number of hydrogen-bond donors (Lipinski definition) is 2. The van der Waals surface area contributed by atoms with Crippen molar-refractivity contribution in [3.8, 4) is 0 Å². The van der Waals surface area contributed by atoms with Crippen molar-refractivity contribution < 1.29 is 5.11 Å². The minimum atomic E-state index is 0.349.